The van der Waals surface area contributed by atoms with Gasteiger partial charge in [-0.1, -0.05) is 6.07 Å². The molecule has 174 valence electrons. The van der Waals surface area contributed by atoms with Gasteiger partial charge in [-0.15, -0.1) is 11.3 Å². The van der Waals surface area contributed by atoms with E-state index in [-0.39, 0.29) is 12.0 Å². The van der Waals surface area contributed by atoms with Crippen LogP contribution in [-0.2, 0) is 0 Å². The fraction of sp³-hybridized carbons (Fsp3) is 0.385. The first-order valence-electron chi connectivity index (χ1n) is 11.1. The number of benzene rings is 2. The minimum atomic E-state index is 0.0429. The van der Waals surface area contributed by atoms with Gasteiger partial charge in [-0.05, 0) is 62.2 Å². The minimum Gasteiger partial charge on any atom is -0.493 e. The minimum absolute atomic E-state index is 0.0429. The standard InChI is InChI=1S/C26H30N2O4S/c1-16-6-8-21(14-17(16)2)32-20-10-12-28(13-11-20)26(29)24-18(3)27-25(33-24)19-7-9-22(30-4)23(15-19)31-5/h6-9,14-15,20H,10-13H2,1-5H3. The van der Waals surface area contributed by atoms with Gasteiger partial charge in [0, 0.05) is 31.5 Å². The average Bonchev–Trinajstić information content (AvgIpc) is 3.22. The number of rotatable bonds is 6. The van der Waals surface area contributed by atoms with E-state index in [4.69, 9.17) is 14.2 Å². The van der Waals surface area contributed by atoms with Crippen LogP contribution in [0.25, 0.3) is 10.6 Å². The second kappa shape index (κ2) is 9.83. The highest BCUT2D eigenvalue weighted by molar-refractivity contribution is 7.17. The van der Waals surface area contributed by atoms with E-state index in [0.717, 1.165) is 34.9 Å². The first kappa shape index (κ1) is 23.1. The summed E-state index contributed by atoms with van der Waals surface area (Å²) in [5.74, 6) is 2.25. The Morgan fingerprint density at radius 1 is 0.970 bits per heavy atom. The molecule has 1 fully saturated rings. The molecule has 4 rings (SSSR count). The van der Waals surface area contributed by atoms with Crippen molar-refractivity contribution < 1.29 is 19.0 Å². The van der Waals surface area contributed by atoms with Crippen LogP contribution in [0.4, 0.5) is 0 Å². The molecule has 7 heteroatoms. The summed E-state index contributed by atoms with van der Waals surface area (Å²) in [4.78, 5) is 20.5. The number of thiazole rings is 1. The third-order valence-electron chi connectivity index (χ3n) is 6.13. The number of aromatic nitrogens is 1. The number of nitrogens with zero attached hydrogens (tertiary/aromatic N) is 2. The molecule has 3 aromatic rings. The molecule has 33 heavy (non-hydrogen) atoms. The lowest BCUT2D eigenvalue weighted by atomic mass is 10.1. The maximum absolute atomic E-state index is 13.2. The van der Waals surface area contributed by atoms with Crippen molar-refractivity contribution in [1.82, 2.24) is 9.88 Å². The second-order valence-electron chi connectivity index (χ2n) is 8.36. The van der Waals surface area contributed by atoms with Gasteiger partial charge < -0.3 is 19.1 Å². The molecule has 6 nitrogen and oxygen atoms in total. The van der Waals surface area contributed by atoms with Crippen LogP contribution in [-0.4, -0.2) is 49.2 Å². The summed E-state index contributed by atoms with van der Waals surface area (Å²) in [5.41, 5.74) is 4.14. The van der Waals surface area contributed by atoms with E-state index in [1.165, 1.54) is 22.5 Å². The molecule has 1 saturated heterocycles. The third kappa shape index (κ3) is 4.98. The summed E-state index contributed by atoms with van der Waals surface area (Å²) in [6.45, 7) is 7.44. The summed E-state index contributed by atoms with van der Waals surface area (Å²) in [5, 5.41) is 0.796. The fourth-order valence-electron chi connectivity index (χ4n) is 3.99. The molecule has 2 aromatic carbocycles. The number of methoxy groups -OCH3 is 2. The number of carbonyl (C=O) groups excluding carboxylic acids is 1. The maximum Gasteiger partial charge on any atom is 0.265 e. The van der Waals surface area contributed by atoms with Crippen LogP contribution in [0.5, 0.6) is 17.2 Å². The third-order valence-corrected chi connectivity index (χ3v) is 7.33. The van der Waals surface area contributed by atoms with E-state index in [0.29, 0.717) is 29.5 Å². The summed E-state index contributed by atoms with van der Waals surface area (Å²) in [6.07, 6.45) is 1.76. The molecular weight excluding hydrogens is 436 g/mol. The number of hydrogen-bond acceptors (Lipinski definition) is 6. The Balaban J connectivity index is 1.42. The number of ether oxygens (including phenoxy) is 3. The summed E-state index contributed by atoms with van der Waals surface area (Å²) < 4.78 is 16.9. The van der Waals surface area contributed by atoms with E-state index in [1.54, 1.807) is 14.2 Å². The zero-order chi connectivity index (χ0) is 23.5. The van der Waals surface area contributed by atoms with Crippen molar-refractivity contribution in [1.29, 1.82) is 0 Å². The lowest BCUT2D eigenvalue weighted by Gasteiger charge is -2.32. The summed E-state index contributed by atoms with van der Waals surface area (Å²) >= 11 is 1.42. The van der Waals surface area contributed by atoms with Gasteiger partial charge in [0.05, 0.1) is 19.9 Å². The van der Waals surface area contributed by atoms with E-state index in [2.05, 4.69) is 31.0 Å². The van der Waals surface area contributed by atoms with Crippen molar-refractivity contribution in [2.24, 2.45) is 0 Å². The normalized spacial score (nSPS) is 14.3. The van der Waals surface area contributed by atoms with E-state index in [9.17, 15) is 4.79 Å². The Labute approximate surface area is 199 Å². The Bertz CT molecular complexity index is 1150. The molecule has 1 aromatic heterocycles. The molecule has 0 unspecified atom stereocenters. The molecule has 0 aliphatic carbocycles. The smallest absolute Gasteiger partial charge is 0.265 e. The van der Waals surface area contributed by atoms with Crippen LogP contribution in [0.2, 0.25) is 0 Å². The van der Waals surface area contributed by atoms with Gasteiger partial charge in [-0.25, -0.2) is 4.98 Å². The van der Waals surface area contributed by atoms with Crippen LogP contribution in [0, 0.1) is 20.8 Å². The van der Waals surface area contributed by atoms with Crippen molar-refractivity contribution >= 4 is 17.2 Å². The van der Waals surface area contributed by atoms with Crippen LogP contribution in [0.1, 0.15) is 39.3 Å². The topological polar surface area (TPSA) is 60.9 Å². The molecule has 0 radical (unpaired) electrons. The zero-order valence-corrected chi connectivity index (χ0v) is 20.6. The number of likely N-dealkylation sites (tertiary alicyclic amines) is 1. The number of piperidine rings is 1. The number of aryl methyl sites for hydroxylation is 3. The lowest BCUT2D eigenvalue weighted by molar-refractivity contribution is 0.0599. The Hall–Kier alpha value is -3.06. The van der Waals surface area contributed by atoms with Gasteiger partial charge in [0.2, 0.25) is 0 Å². The molecule has 0 N–H and O–H groups in total. The molecule has 0 saturated carbocycles. The first-order valence-corrected chi connectivity index (χ1v) is 11.9. The van der Waals surface area contributed by atoms with Gasteiger partial charge in [-0.2, -0.15) is 0 Å². The number of amides is 1. The molecule has 0 spiro atoms. The highest BCUT2D eigenvalue weighted by atomic mass is 32.1. The van der Waals surface area contributed by atoms with Crippen LogP contribution < -0.4 is 14.2 Å². The number of carbonyl (C=O) groups is 1. The average molecular weight is 467 g/mol. The largest absolute Gasteiger partial charge is 0.493 e. The first-order chi connectivity index (χ1) is 15.9. The zero-order valence-electron chi connectivity index (χ0n) is 19.8. The van der Waals surface area contributed by atoms with Crippen molar-refractivity contribution in [2.45, 2.75) is 39.7 Å². The lowest BCUT2D eigenvalue weighted by Crippen LogP contribution is -2.41. The molecule has 0 atom stereocenters. The SMILES string of the molecule is COc1ccc(-c2nc(C)c(C(=O)N3CCC(Oc4ccc(C)c(C)c4)CC3)s2)cc1OC. The van der Waals surface area contributed by atoms with Crippen LogP contribution in [0.15, 0.2) is 36.4 Å². The highest BCUT2D eigenvalue weighted by Crippen LogP contribution is 2.35. The predicted octanol–water partition coefficient (Wildman–Crippen LogP) is 5.44. The molecule has 2 heterocycles. The van der Waals surface area contributed by atoms with Gasteiger partial charge in [0.1, 0.15) is 21.7 Å². The van der Waals surface area contributed by atoms with Crippen molar-refractivity contribution in [2.75, 3.05) is 27.3 Å². The Morgan fingerprint density at radius 2 is 1.70 bits per heavy atom. The van der Waals surface area contributed by atoms with Gasteiger partial charge in [-0.3, -0.25) is 4.79 Å². The van der Waals surface area contributed by atoms with Gasteiger partial charge in [0.25, 0.3) is 5.91 Å². The monoisotopic (exact) mass is 466 g/mol. The quantitative estimate of drug-likeness (QED) is 0.484. The second-order valence-corrected chi connectivity index (χ2v) is 9.36. The summed E-state index contributed by atoms with van der Waals surface area (Å²) in [6, 6.07) is 11.9. The molecule has 1 aliphatic rings. The van der Waals surface area contributed by atoms with Gasteiger partial charge >= 0.3 is 0 Å². The summed E-state index contributed by atoms with van der Waals surface area (Å²) in [7, 11) is 3.22. The van der Waals surface area contributed by atoms with Crippen molar-refractivity contribution in [3.05, 3.63) is 58.1 Å². The molecule has 1 amide bonds. The maximum atomic E-state index is 13.2. The Morgan fingerprint density at radius 3 is 2.36 bits per heavy atom. The van der Waals surface area contributed by atoms with E-state index in [1.807, 2.05) is 36.1 Å². The van der Waals surface area contributed by atoms with E-state index >= 15 is 0 Å². The predicted molar refractivity (Wildman–Crippen MR) is 131 cm³/mol. The fourth-order valence-corrected chi connectivity index (χ4v) is 5.02. The highest BCUT2D eigenvalue weighted by Gasteiger charge is 2.27. The van der Waals surface area contributed by atoms with Crippen LogP contribution in [0.3, 0.4) is 0 Å². The molecular formula is C26H30N2O4S. The van der Waals surface area contributed by atoms with Crippen molar-refractivity contribution in [3.8, 4) is 27.8 Å². The molecule has 1 aliphatic heterocycles. The van der Waals surface area contributed by atoms with Gasteiger partial charge in [0.15, 0.2) is 11.5 Å². The van der Waals surface area contributed by atoms with Crippen LogP contribution >= 0.6 is 11.3 Å². The molecule has 0 bridgehead atoms. The van der Waals surface area contributed by atoms with E-state index < -0.39 is 0 Å². The number of hydrogen-bond donors (Lipinski definition) is 0. The Kier molecular flexibility index (Phi) is 6.88. The van der Waals surface area contributed by atoms with Crippen molar-refractivity contribution in [3.63, 3.8) is 0 Å².